The first-order valence-corrected chi connectivity index (χ1v) is 10.1. The van der Waals surface area contributed by atoms with Gasteiger partial charge >= 0.3 is 6.61 Å². The number of aromatic nitrogens is 1. The fourth-order valence-corrected chi connectivity index (χ4v) is 3.91. The summed E-state index contributed by atoms with van der Waals surface area (Å²) in [5.74, 6) is 1.63. The highest BCUT2D eigenvalue weighted by Gasteiger charge is 2.27. The Morgan fingerprint density at radius 3 is 2.40 bits per heavy atom. The summed E-state index contributed by atoms with van der Waals surface area (Å²) in [6.07, 6.45) is 2.03. The summed E-state index contributed by atoms with van der Waals surface area (Å²) in [6.45, 7) is 2.93. The number of benzene rings is 2. The van der Waals surface area contributed by atoms with Crippen molar-refractivity contribution in [2.45, 2.75) is 33.0 Å². The number of rotatable bonds is 7. The van der Waals surface area contributed by atoms with E-state index in [9.17, 15) is 8.78 Å². The summed E-state index contributed by atoms with van der Waals surface area (Å²) in [4.78, 5) is 0. The summed E-state index contributed by atoms with van der Waals surface area (Å²) in [5, 5.41) is 2.23. The molecule has 7 heteroatoms. The fraction of sp³-hybridized carbons (Fsp3) is 0.304. The zero-order valence-corrected chi connectivity index (χ0v) is 17.0. The molecule has 1 aromatic heterocycles. The largest absolute Gasteiger partial charge is 0.490 e. The SMILES string of the molecule is CCOc1cc2c(cc1OCC)-n1cccc1C(c1ccc(OC(F)F)cc1)[NH2+]C2. The lowest BCUT2D eigenvalue weighted by Crippen LogP contribution is -2.83. The second-order valence-electron chi connectivity index (χ2n) is 6.96. The highest BCUT2D eigenvalue weighted by atomic mass is 19.3. The number of quaternary nitrogens is 1. The monoisotopic (exact) mass is 415 g/mol. The Hall–Kier alpha value is -3.06. The third-order valence-corrected chi connectivity index (χ3v) is 5.14. The quantitative estimate of drug-likeness (QED) is 0.634. The highest BCUT2D eigenvalue weighted by molar-refractivity contribution is 5.56. The molecule has 2 aromatic carbocycles. The van der Waals surface area contributed by atoms with Crippen LogP contribution in [0.25, 0.3) is 5.69 Å². The van der Waals surface area contributed by atoms with Crippen LogP contribution in [-0.4, -0.2) is 24.4 Å². The molecule has 0 aliphatic carbocycles. The standard InChI is InChI=1S/C23H24F2N2O3/c1-3-28-20-12-16-14-26-22(15-7-9-17(10-8-15)30-23(24)25)18-6-5-11-27(18)19(16)13-21(20)29-4-2/h5-13,22-23,26H,3-4,14H2,1-2H3/p+1. The van der Waals surface area contributed by atoms with Crippen molar-refractivity contribution in [2.24, 2.45) is 0 Å². The van der Waals surface area contributed by atoms with E-state index in [0.717, 1.165) is 40.6 Å². The van der Waals surface area contributed by atoms with Gasteiger partial charge in [-0.05, 0) is 56.3 Å². The van der Waals surface area contributed by atoms with Crippen molar-refractivity contribution in [3.63, 3.8) is 0 Å². The van der Waals surface area contributed by atoms with Gasteiger partial charge in [0.2, 0.25) is 0 Å². The fourth-order valence-electron chi connectivity index (χ4n) is 3.91. The van der Waals surface area contributed by atoms with Gasteiger partial charge in [0.15, 0.2) is 17.5 Å². The molecule has 5 nitrogen and oxygen atoms in total. The van der Waals surface area contributed by atoms with Crippen molar-refractivity contribution < 1.29 is 28.3 Å². The zero-order valence-electron chi connectivity index (χ0n) is 17.0. The van der Waals surface area contributed by atoms with Gasteiger partial charge in [-0.25, -0.2) is 0 Å². The van der Waals surface area contributed by atoms with Gasteiger partial charge in [-0.2, -0.15) is 8.78 Å². The van der Waals surface area contributed by atoms with Gasteiger partial charge in [-0.1, -0.05) is 0 Å². The van der Waals surface area contributed by atoms with E-state index in [4.69, 9.17) is 9.47 Å². The zero-order chi connectivity index (χ0) is 21.1. The molecule has 2 heterocycles. The van der Waals surface area contributed by atoms with Crippen molar-refractivity contribution in [1.82, 2.24) is 4.57 Å². The van der Waals surface area contributed by atoms with Gasteiger partial charge < -0.3 is 24.1 Å². The highest BCUT2D eigenvalue weighted by Crippen LogP contribution is 2.36. The Morgan fingerprint density at radius 1 is 1.03 bits per heavy atom. The molecule has 1 aliphatic heterocycles. The minimum atomic E-state index is -2.83. The van der Waals surface area contributed by atoms with Crippen LogP contribution in [0.5, 0.6) is 17.2 Å². The predicted molar refractivity (Wildman–Crippen MR) is 109 cm³/mol. The number of ether oxygens (including phenoxy) is 3. The lowest BCUT2D eigenvalue weighted by atomic mass is 10.0. The van der Waals surface area contributed by atoms with Crippen LogP contribution in [0, 0.1) is 0 Å². The molecule has 0 saturated carbocycles. The molecule has 1 unspecified atom stereocenters. The summed E-state index contributed by atoms with van der Waals surface area (Å²) in [7, 11) is 0. The number of nitrogens with zero attached hydrogens (tertiary/aromatic N) is 1. The van der Waals surface area contributed by atoms with E-state index in [1.54, 1.807) is 12.1 Å². The minimum absolute atomic E-state index is 0.0130. The molecule has 0 radical (unpaired) electrons. The van der Waals surface area contributed by atoms with Crippen LogP contribution in [0.1, 0.15) is 36.7 Å². The molecule has 0 fully saturated rings. The van der Waals surface area contributed by atoms with Crippen LogP contribution in [0.3, 0.4) is 0 Å². The van der Waals surface area contributed by atoms with E-state index in [0.29, 0.717) is 13.2 Å². The predicted octanol–water partition coefficient (Wildman–Crippen LogP) is 4.04. The molecule has 0 bridgehead atoms. The number of hydrogen-bond acceptors (Lipinski definition) is 3. The van der Waals surface area contributed by atoms with Gasteiger partial charge in [0.1, 0.15) is 12.3 Å². The first-order chi connectivity index (χ1) is 14.6. The third kappa shape index (κ3) is 3.98. The Balaban J connectivity index is 1.72. The van der Waals surface area contributed by atoms with Gasteiger partial charge in [0, 0.05) is 23.4 Å². The number of halogens is 2. The van der Waals surface area contributed by atoms with E-state index in [1.807, 2.05) is 50.4 Å². The van der Waals surface area contributed by atoms with Crippen LogP contribution < -0.4 is 19.5 Å². The Labute approximate surface area is 174 Å². The molecule has 0 spiro atoms. The molecule has 0 saturated heterocycles. The first-order valence-electron chi connectivity index (χ1n) is 10.1. The van der Waals surface area contributed by atoms with E-state index < -0.39 is 6.61 Å². The first kappa shape index (κ1) is 20.2. The summed E-state index contributed by atoms with van der Waals surface area (Å²) >= 11 is 0. The second kappa shape index (κ2) is 8.75. The van der Waals surface area contributed by atoms with Gasteiger partial charge in [0.25, 0.3) is 0 Å². The van der Waals surface area contributed by atoms with Crippen molar-refractivity contribution in [3.05, 3.63) is 71.5 Å². The maximum atomic E-state index is 12.5. The molecule has 158 valence electrons. The van der Waals surface area contributed by atoms with Crippen LogP contribution in [0.4, 0.5) is 8.78 Å². The summed E-state index contributed by atoms with van der Waals surface area (Å²) in [5.41, 5.74) is 4.31. The summed E-state index contributed by atoms with van der Waals surface area (Å²) in [6, 6.07) is 15.0. The van der Waals surface area contributed by atoms with Crippen molar-refractivity contribution in [1.29, 1.82) is 0 Å². The second-order valence-corrected chi connectivity index (χ2v) is 6.96. The molecular weight excluding hydrogens is 390 g/mol. The molecule has 1 atom stereocenters. The van der Waals surface area contributed by atoms with Crippen molar-refractivity contribution in [2.75, 3.05) is 13.2 Å². The molecule has 1 aliphatic rings. The number of fused-ring (bicyclic) bond motifs is 3. The Morgan fingerprint density at radius 2 is 1.73 bits per heavy atom. The van der Waals surface area contributed by atoms with Crippen molar-refractivity contribution in [3.8, 4) is 22.9 Å². The smallest absolute Gasteiger partial charge is 0.387 e. The topological polar surface area (TPSA) is 49.2 Å². The average molecular weight is 415 g/mol. The van der Waals surface area contributed by atoms with E-state index in [-0.39, 0.29) is 11.8 Å². The van der Waals surface area contributed by atoms with Crippen LogP contribution in [-0.2, 0) is 6.54 Å². The minimum Gasteiger partial charge on any atom is -0.490 e. The van der Waals surface area contributed by atoms with Gasteiger partial charge in [0.05, 0.1) is 24.6 Å². The van der Waals surface area contributed by atoms with Crippen molar-refractivity contribution >= 4 is 0 Å². The third-order valence-electron chi connectivity index (χ3n) is 5.14. The molecule has 30 heavy (non-hydrogen) atoms. The number of hydrogen-bond donors (Lipinski definition) is 1. The maximum Gasteiger partial charge on any atom is 0.387 e. The number of nitrogens with two attached hydrogens (primary N) is 1. The maximum absolute atomic E-state index is 12.5. The van der Waals surface area contributed by atoms with Crippen LogP contribution >= 0.6 is 0 Å². The average Bonchev–Trinajstić information content (AvgIpc) is 3.15. The molecular formula is C23H25F2N2O3+. The van der Waals surface area contributed by atoms with Crippen LogP contribution in [0.15, 0.2) is 54.7 Å². The Kier molecular flexibility index (Phi) is 5.90. The van der Waals surface area contributed by atoms with Gasteiger partial charge in [-0.3, -0.25) is 0 Å². The van der Waals surface area contributed by atoms with Crippen LogP contribution in [0.2, 0.25) is 0 Å². The molecule has 0 amide bonds. The van der Waals surface area contributed by atoms with E-state index >= 15 is 0 Å². The normalized spacial score (nSPS) is 15.3. The van der Waals surface area contributed by atoms with E-state index in [1.165, 1.54) is 0 Å². The molecule has 3 aromatic rings. The van der Waals surface area contributed by atoms with Gasteiger partial charge in [-0.15, -0.1) is 0 Å². The summed E-state index contributed by atoms with van der Waals surface area (Å²) < 4.78 is 43.2. The number of alkyl halides is 2. The Bertz CT molecular complexity index is 1000. The lowest BCUT2D eigenvalue weighted by Gasteiger charge is -2.16. The van der Waals surface area contributed by atoms with E-state index in [2.05, 4.69) is 20.7 Å². The molecule has 2 N–H and O–H groups in total. The lowest BCUT2D eigenvalue weighted by molar-refractivity contribution is -0.702. The molecule has 4 rings (SSSR count).